The Kier molecular flexibility index (Phi) is 8.95. The van der Waals surface area contributed by atoms with E-state index < -0.39 is 40.8 Å². The Morgan fingerprint density at radius 2 is 1.85 bits per heavy atom. The molecule has 3 aliphatic rings. The van der Waals surface area contributed by atoms with Crippen LogP contribution in [0.5, 0.6) is 0 Å². The van der Waals surface area contributed by atoms with Crippen LogP contribution in [-0.2, 0) is 22.0 Å². The van der Waals surface area contributed by atoms with Gasteiger partial charge in [-0.1, -0.05) is 12.1 Å². The SMILES string of the molecule is N#CC1(NC(=O)C2CCCC(F)(F)C2)CC1.O=S1CCN(c2ccc(-c3csc(CC(F)(F)F)n3)cc2)CC1. The summed E-state index contributed by atoms with van der Waals surface area (Å²) in [4.78, 5) is 17.9. The van der Waals surface area contributed by atoms with Gasteiger partial charge in [0.25, 0.3) is 0 Å². The maximum atomic E-state index is 13.1. The number of nitriles is 1. The fourth-order valence-corrected chi connectivity index (χ4v) is 6.45. The monoisotopic (exact) mass is 588 g/mol. The van der Waals surface area contributed by atoms with Crippen LogP contribution in [0.2, 0.25) is 0 Å². The summed E-state index contributed by atoms with van der Waals surface area (Å²) in [7, 11) is -0.717. The molecular weight excluding hydrogens is 559 g/mol. The fourth-order valence-electron chi connectivity index (χ4n) is 4.56. The zero-order valence-corrected chi connectivity index (χ0v) is 22.7. The van der Waals surface area contributed by atoms with Crippen molar-refractivity contribution < 1.29 is 31.0 Å². The second-order valence-corrected chi connectivity index (χ2v) is 12.8. The minimum Gasteiger partial charge on any atom is -0.370 e. The summed E-state index contributed by atoms with van der Waals surface area (Å²) in [6, 6.07) is 9.63. The van der Waals surface area contributed by atoms with E-state index in [-0.39, 0.29) is 23.8 Å². The summed E-state index contributed by atoms with van der Waals surface area (Å²) in [5.74, 6) is -2.37. The van der Waals surface area contributed by atoms with Crippen LogP contribution in [0, 0.1) is 17.2 Å². The van der Waals surface area contributed by atoms with Crippen molar-refractivity contribution in [1.29, 1.82) is 5.26 Å². The molecule has 212 valence electrons. The van der Waals surface area contributed by atoms with E-state index in [0.717, 1.165) is 35.7 Å². The molecule has 2 aliphatic carbocycles. The van der Waals surface area contributed by atoms with Crippen molar-refractivity contribution in [3.63, 3.8) is 0 Å². The first kappa shape index (κ1) is 29.4. The number of rotatable bonds is 5. The summed E-state index contributed by atoms with van der Waals surface area (Å²) in [6.07, 6.45) is -3.56. The molecule has 6 nitrogen and oxygen atoms in total. The molecule has 5 rings (SSSR count). The molecule has 3 fully saturated rings. The van der Waals surface area contributed by atoms with Gasteiger partial charge in [-0.05, 0) is 37.8 Å². The highest BCUT2D eigenvalue weighted by Crippen LogP contribution is 2.39. The molecule has 1 atom stereocenters. The van der Waals surface area contributed by atoms with Crippen LogP contribution < -0.4 is 10.2 Å². The zero-order chi connectivity index (χ0) is 28.3. The van der Waals surface area contributed by atoms with Gasteiger partial charge in [0.15, 0.2) is 0 Å². The van der Waals surface area contributed by atoms with E-state index in [0.29, 0.717) is 42.9 Å². The van der Waals surface area contributed by atoms with Gasteiger partial charge < -0.3 is 10.2 Å². The molecule has 0 bridgehead atoms. The lowest BCUT2D eigenvalue weighted by molar-refractivity contribution is -0.132. The summed E-state index contributed by atoms with van der Waals surface area (Å²) in [5, 5.41) is 13.1. The molecule has 1 unspecified atom stereocenters. The maximum Gasteiger partial charge on any atom is 0.395 e. The number of hydrogen-bond acceptors (Lipinski definition) is 6. The number of halogens is 5. The van der Waals surface area contributed by atoms with Crippen LogP contribution in [0.3, 0.4) is 0 Å². The molecular formula is C26H29F5N4O2S2. The van der Waals surface area contributed by atoms with Crippen molar-refractivity contribution >= 4 is 33.7 Å². The molecule has 0 radical (unpaired) electrons. The Bertz CT molecular complexity index is 1210. The molecule has 39 heavy (non-hydrogen) atoms. The molecule has 1 saturated heterocycles. The predicted octanol–water partition coefficient (Wildman–Crippen LogP) is 5.47. The van der Waals surface area contributed by atoms with Crippen molar-refractivity contribution in [2.24, 2.45) is 5.92 Å². The number of carbonyl (C=O) groups is 1. The Morgan fingerprint density at radius 1 is 1.18 bits per heavy atom. The average Bonchev–Trinajstić information content (AvgIpc) is 3.51. The lowest BCUT2D eigenvalue weighted by Gasteiger charge is -2.28. The third kappa shape index (κ3) is 8.45. The van der Waals surface area contributed by atoms with Gasteiger partial charge in [0.1, 0.15) is 10.5 Å². The number of carbonyl (C=O) groups excluding carboxylic acids is 1. The number of thiazole rings is 1. The van der Waals surface area contributed by atoms with E-state index >= 15 is 0 Å². The predicted molar refractivity (Wildman–Crippen MR) is 140 cm³/mol. The fraction of sp³-hybridized carbons (Fsp3) is 0.577. The topological polar surface area (TPSA) is 86.1 Å². The van der Waals surface area contributed by atoms with E-state index in [1.165, 1.54) is 0 Å². The van der Waals surface area contributed by atoms with E-state index in [1.54, 1.807) is 5.38 Å². The molecule has 1 amide bonds. The number of aromatic nitrogens is 1. The number of hydrogen-bond donors (Lipinski definition) is 1. The van der Waals surface area contributed by atoms with Gasteiger partial charge in [0.2, 0.25) is 11.8 Å². The van der Waals surface area contributed by atoms with Gasteiger partial charge in [-0.25, -0.2) is 13.8 Å². The second kappa shape index (κ2) is 11.9. The van der Waals surface area contributed by atoms with E-state index in [2.05, 4.69) is 15.2 Å². The van der Waals surface area contributed by atoms with Crippen molar-refractivity contribution in [3.05, 3.63) is 34.7 Å². The van der Waals surface area contributed by atoms with E-state index in [4.69, 9.17) is 5.26 Å². The number of benzene rings is 1. The highest BCUT2D eigenvalue weighted by Gasteiger charge is 2.47. The number of anilines is 1. The quantitative estimate of drug-likeness (QED) is 0.469. The molecule has 2 heterocycles. The maximum absolute atomic E-state index is 13.1. The molecule has 1 aromatic heterocycles. The summed E-state index contributed by atoms with van der Waals surface area (Å²) in [6.45, 7) is 1.52. The third-order valence-electron chi connectivity index (χ3n) is 6.95. The first-order chi connectivity index (χ1) is 18.4. The minimum atomic E-state index is -4.23. The Balaban J connectivity index is 0.000000193. The van der Waals surface area contributed by atoms with Crippen molar-refractivity contribution in [1.82, 2.24) is 10.3 Å². The van der Waals surface area contributed by atoms with Gasteiger partial charge >= 0.3 is 6.18 Å². The van der Waals surface area contributed by atoms with Crippen molar-refractivity contribution in [2.75, 3.05) is 29.5 Å². The number of amides is 1. The number of nitrogens with zero attached hydrogens (tertiary/aromatic N) is 3. The highest BCUT2D eigenvalue weighted by atomic mass is 32.2. The number of nitrogens with one attached hydrogen (secondary N) is 1. The van der Waals surface area contributed by atoms with E-state index in [9.17, 15) is 31.0 Å². The molecule has 1 aliphatic heterocycles. The number of alkyl halides is 5. The van der Waals surface area contributed by atoms with Gasteiger partial charge in [0, 0.05) is 70.8 Å². The summed E-state index contributed by atoms with van der Waals surface area (Å²) in [5.41, 5.74) is 1.67. The average molecular weight is 589 g/mol. The Hall–Kier alpha value is -2.59. The lowest BCUT2D eigenvalue weighted by atomic mass is 9.86. The van der Waals surface area contributed by atoms with Crippen LogP contribution in [0.15, 0.2) is 29.6 Å². The highest BCUT2D eigenvalue weighted by molar-refractivity contribution is 7.85. The van der Waals surface area contributed by atoms with Gasteiger partial charge in [-0.3, -0.25) is 9.00 Å². The third-order valence-corrected chi connectivity index (χ3v) is 9.07. The molecule has 2 saturated carbocycles. The first-order valence-corrected chi connectivity index (χ1v) is 15.1. The van der Waals surface area contributed by atoms with Gasteiger partial charge in [0.05, 0.1) is 18.2 Å². The van der Waals surface area contributed by atoms with Crippen LogP contribution in [0.1, 0.15) is 43.5 Å². The Morgan fingerprint density at radius 3 is 2.41 bits per heavy atom. The molecule has 1 N–H and O–H groups in total. The van der Waals surface area contributed by atoms with Crippen LogP contribution in [0.25, 0.3) is 11.3 Å². The molecule has 1 aromatic carbocycles. The summed E-state index contributed by atoms with van der Waals surface area (Å²) < 4.78 is 74.7. The van der Waals surface area contributed by atoms with Gasteiger partial charge in [-0.2, -0.15) is 18.4 Å². The standard InChI is InChI=1S/C15H15F3N2OS2.C11H14F2N2O/c16-15(17,18)9-14-19-13(10-22-14)11-1-3-12(4-2-11)20-5-7-23(21)8-6-20;12-11(13)3-1-2-8(6-11)9(16)15-10(7-14)4-5-10/h1-4,10H,5-9H2;8H,1-6H2,(H,15,16). The normalized spacial score (nSPS) is 22.3. The van der Waals surface area contributed by atoms with Crippen LogP contribution in [0.4, 0.5) is 27.6 Å². The minimum absolute atomic E-state index is 0.0788. The van der Waals surface area contributed by atoms with E-state index in [1.807, 2.05) is 30.3 Å². The van der Waals surface area contributed by atoms with Gasteiger partial charge in [-0.15, -0.1) is 11.3 Å². The lowest BCUT2D eigenvalue weighted by Crippen LogP contribution is -2.43. The zero-order valence-electron chi connectivity index (χ0n) is 21.1. The molecule has 0 spiro atoms. The largest absolute Gasteiger partial charge is 0.395 e. The van der Waals surface area contributed by atoms with Crippen molar-refractivity contribution in [3.8, 4) is 17.3 Å². The van der Waals surface area contributed by atoms with Crippen LogP contribution >= 0.6 is 11.3 Å². The second-order valence-electron chi connectivity index (χ2n) is 10.1. The van der Waals surface area contributed by atoms with Crippen LogP contribution in [-0.4, -0.2) is 57.3 Å². The molecule has 2 aromatic rings. The Labute approximate surface area is 230 Å². The first-order valence-electron chi connectivity index (χ1n) is 12.7. The smallest absolute Gasteiger partial charge is 0.370 e. The molecule has 13 heteroatoms. The van der Waals surface area contributed by atoms with Crippen molar-refractivity contribution in [2.45, 2.75) is 62.6 Å². The summed E-state index contributed by atoms with van der Waals surface area (Å²) >= 11 is 1.03.